The van der Waals surface area contributed by atoms with Crippen molar-refractivity contribution in [1.29, 1.82) is 0 Å². The first kappa shape index (κ1) is 19.1. The van der Waals surface area contributed by atoms with Crippen molar-refractivity contribution in [2.45, 2.75) is 26.4 Å². The molecule has 2 aromatic carbocycles. The Bertz CT molecular complexity index is 663. The SMILES string of the molecule is CC(OC(=O)/C=C/C(=O)OC(C)Oc1ccccc1)Oc1ccccc1. The van der Waals surface area contributed by atoms with Gasteiger partial charge in [-0.3, -0.25) is 0 Å². The van der Waals surface area contributed by atoms with Gasteiger partial charge in [0.2, 0.25) is 12.6 Å². The van der Waals surface area contributed by atoms with Crippen molar-refractivity contribution < 1.29 is 28.5 Å². The maximum atomic E-state index is 11.7. The third kappa shape index (κ3) is 7.09. The van der Waals surface area contributed by atoms with E-state index in [1.165, 1.54) is 0 Å². The van der Waals surface area contributed by atoms with E-state index in [2.05, 4.69) is 0 Å². The molecule has 2 atom stereocenters. The van der Waals surface area contributed by atoms with E-state index in [0.717, 1.165) is 12.2 Å². The van der Waals surface area contributed by atoms with Crippen LogP contribution in [0.15, 0.2) is 72.8 Å². The van der Waals surface area contributed by atoms with E-state index < -0.39 is 24.5 Å². The lowest BCUT2D eigenvalue weighted by Gasteiger charge is -2.14. The molecule has 0 aromatic heterocycles. The van der Waals surface area contributed by atoms with Crippen LogP contribution in [0.4, 0.5) is 0 Å². The van der Waals surface area contributed by atoms with E-state index in [0.29, 0.717) is 11.5 Å². The fourth-order valence-corrected chi connectivity index (χ4v) is 1.97. The molecule has 0 N–H and O–H groups in total. The van der Waals surface area contributed by atoms with Crippen molar-refractivity contribution in [3.8, 4) is 11.5 Å². The van der Waals surface area contributed by atoms with Crippen LogP contribution in [0, 0.1) is 0 Å². The average Bonchev–Trinajstić information content (AvgIpc) is 2.61. The zero-order valence-corrected chi connectivity index (χ0v) is 14.5. The van der Waals surface area contributed by atoms with E-state index in [1.807, 2.05) is 12.1 Å². The molecular formula is C20H20O6. The fourth-order valence-electron chi connectivity index (χ4n) is 1.97. The molecule has 2 rings (SSSR count). The molecule has 0 bridgehead atoms. The summed E-state index contributed by atoms with van der Waals surface area (Å²) in [6.07, 6.45) is 0.349. The molecule has 0 aliphatic carbocycles. The molecule has 6 nitrogen and oxygen atoms in total. The summed E-state index contributed by atoms with van der Waals surface area (Å²) in [4.78, 5) is 23.4. The van der Waals surface area contributed by atoms with Crippen molar-refractivity contribution in [3.05, 3.63) is 72.8 Å². The van der Waals surface area contributed by atoms with Gasteiger partial charge in [-0.1, -0.05) is 36.4 Å². The minimum Gasteiger partial charge on any atom is -0.455 e. The lowest BCUT2D eigenvalue weighted by atomic mass is 10.3. The summed E-state index contributed by atoms with van der Waals surface area (Å²) in [6.45, 7) is 3.15. The predicted molar refractivity (Wildman–Crippen MR) is 94.4 cm³/mol. The fraction of sp³-hybridized carbons (Fsp3) is 0.200. The largest absolute Gasteiger partial charge is 0.455 e. The van der Waals surface area contributed by atoms with Crippen LogP contribution in [-0.4, -0.2) is 24.5 Å². The minimum atomic E-state index is -0.800. The van der Waals surface area contributed by atoms with Crippen LogP contribution in [0.1, 0.15) is 13.8 Å². The monoisotopic (exact) mass is 356 g/mol. The predicted octanol–water partition coefficient (Wildman–Crippen LogP) is 3.48. The molecule has 6 heteroatoms. The molecule has 136 valence electrons. The van der Waals surface area contributed by atoms with E-state index in [1.54, 1.807) is 62.4 Å². The lowest BCUT2D eigenvalue weighted by molar-refractivity contribution is -0.158. The van der Waals surface area contributed by atoms with Crippen LogP contribution >= 0.6 is 0 Å². The topological polar surface area (TPSA) is 71.1 Å². The Labute approximate surface area is 151 Å². The lowest BCUT2D eigenvalue weighted by Crippen LogP contribution is -2.21. The molecule has 0 aliphatic rings. The Morgan fingerprint density at radius 3 is 1.38 bits per heavy atom. The second-order valence-corrected chi connectivity index (χ2v) is 5.20. The number of carbonyl (C=O) groups is 2. The molecule has 0 saturated carbocycles. The Kier molecular flexibility index (Phi) is 7.24. The van der Waals surface area contributed by atoms with E-state index in [4.69, 9.17) is 18.9 Å². The van der Waals surface area contributed by atoms with Crippen LogP contribution in [0.2, 0.25) is 0 Å². The number of para-hydroxylation sites is 2. The first-order chi connectivity index (χ1) is 12.5. The summed E-state index contributed by atoms with van der Waals surface area (Å²) in [5.41, 5.74) is 0. The van der Waals surface area contributed by atoms with Crippen LogP contribution < -0.4 is 9.47 Å². The molecule has 26 heavy (non-hydrogen) atoms. The van der Waals surface area contributed by atoms with E-state index >= 15 is 0 Å². The molecule has 0 fully saturated rings. The summed E-state index contributed by atoms with van der Waals surface area (Å²) in [5.74, 6) is -0.296. The zero-order chi connectivity index (χ0) is 18.8. The van der Waals surface area contributed by atoms with Crippen molar-refractivity contribution in [2.24, 2.45) is 0 Å². The number of esters is 2. The Balaban J connectivity index is 1.73. The number of hydrogen-bond acceptors (Lipinski definition) is 6. The van der Waals surface area contributed by atoms with Gasteiger partial charge < -0.3 is 18.9 Å². The molecule has 0 spiro atoms. The van der Waals surface area contributed by atoms with E-state index in [9.17, 15) is 9.59 Å². The molecule has 0 amide bonds. The molecule has 0 heterocycles. The zero-order valence-electron chi connectivity index (χ0n) is 14.5. The third-order valence-electron chi connectivity index (χ3n) is 3.01. The maximum absolute atomic E-state index is 11.7. The standard InChI is InChI=1S/C20H20O6/c1-15(23-17-9-5-3-6-10-17)25-19(21)13-14-20(22)26-16(2)24-18-11-7-4-8-12-18/h3-16H,1-2H3/b14-13+. The van der Waals surface area contributed by atoms with Gasteiger partial charge in [-0.05, 0) is 24.3 Å². The summed E-state index contributed by atoms with van der Waals surface area (Å²) in [6, 6.07) is 17.9. The second-order valence-electron chi connectivity index (χ2n) is 5.20. The Hall–Kier alpha value is -3.28. The van der Waals surface area contributed by atoms with Crippen LogP contribution in [0.5, 0.6) is 11.5 Å². The average molecular weight is 356 g/mol. The van der Waals surface area contributed by atoms with Crippen molar-refractivity contribution in [2.75, 3.05) is 0 Å². The van der Waals surface area contributed by atoms with Gasteiger partial charge in [0.25, 0.3) is 0 Å². The minimum absolute atomic E-state index is 0.572. The highest BCUT2D eigenvalue weighted by atomic mass is 16.7. The first-order valence-electron chi connectivity index (χ1n) is 8.05. The van der Waals surface area contributed by atoms with Crippen molar-refractivity contribution in [1.82, 2.24) is 0 Å². The van der Waals surface area contributed by atoms with Gasteiger partial charge in [0.1, 0.15) is 11.5 Å². The molecule has 2 unspecified atom stereocenters. The highest BCUT2D eigenvalue weighted by Gasteiger charge is 2.11. The van der Waals surface area contributed by atoms with Crippen LogP contribution in [0.3, 0.4) is 0 Å². The summed E-state index contributed by atoms with van der Waals surface area (Å²) < 4.78 is 20.9. The number of benzene rings is 2. The number of ether oxygens (including phenoxy) is 4. The van der Waals surface area contributed by atoms with Gasteiger partial charge in [0, 0.05) is 26.0 Å². The summed E-state index contributed by atoms with van der Waals surface area (Å²) in [5, 5.41) is 0. The van der Waals surface area contributed by atoms with Gasteiger partial charge in [-0.25, -0.2) is 9.59 Å². The number of rotatable bonds is 8. The smallest absolute Gasteiger partial charge is 0.334 e. The quantitative estimate of drug-likeness (QED) is 0.410. The molecule has 0 saturated heterocycles. The highest BCUT2D eigenvalue weighted by molar-refractivity contribution is 5.91. The second kappa shape index (κ2) is 9.88. The van der Waals surface area contributed by atoms with Crippen molar-refractivity contribution >= 4 is 11.9 Å². The molecule has 0 aliphatic heterocycles. The number of hydrogen-bond donors (Lipinski definition) is 0. The Morgan fingerprint density at radius 2 is 1.04 bits per heavy atom. The van der Waals surface area contributed by atoms with Gasteiger partial charge in [-0.2, -0.15) is 0 Å². The normalized spacial score (nSPS) is 12.8. The molecule has 0 radical (unpaired) electrons. The highest BCUT2D eigenvalue weighted by Crippen LogP contribution is 2.12. The third-order valence-corrected chi connectivity index (χ3v) is 3.01. The summed E-state index contributed by atoms with van der Waals surface area (Å²) in [7, 11) is 0. The molecular weight excluding hydrogens is 336 g/mol. The van der Waals surface area contributed by atoms with Gasteiger partial charge >= 0.3 is 11.9 Å². The maximum Gasteiger partial charge on any atom is 0.334 e. The van der Waals surface area contributed by atoms with E-state index in [-0.39, 0.29) is 0 Å². The van der Waals surface area contributed by atoms with Crippen LogP contribution in [-0.2, 0) is 19.1 Å². The summed E-state index contributed by atoms with van der Waals surface area (Å²) >= 11 is 0. The van der Waals surface area contributed by atoms with Crippen molar-refractivity contribution in [3.63, 3.8) is 0 Å². The first-order valence-corrected chi connectivity index (χ1v) is 8.05. The van der Waals surface area contributed by atoms with Gasteiger partial charge in [0.05, 0.1) is 0 Å². The molecule has 2 aromatic rings. The van der Waals surface area contributed by atoms with Crippen LogP contribution in [0.25, 0.3) is 0 Å². The van der Waals surface area contributed by atoms with Gasteiger partial charge in [-0.15, -0.1) is 0 Å². The van der Waals surface area contributed by atoms with Gasteiger partial charge in [0.15, 0.2) is 0 Å². The number of carbonyl (C=O) groups excluding carboxylic acids is 2. The Morgan fingerprint density at radius 1 is 0.692 bits per heavy atom.